The molecule has 7 heteroatoms. The number of halogens is 1. The molecule has 0 aliphatic carbocycles. The summed E-state index contributed by atoms with van der Waals surface area (Å²) in [6, 6.07) is 19.7. The number of nitrogens with zero attached hydrogens (tertiary/aromatic N) is 5. The van der Waals surface area contributed by atoms with Gasteiger partial charge in [-0.25, -0.2) is 9.50 Å². The fourth-order valence-electron chi connectivity index (χ4n) is 4.04. The molecule has 31 heavy (non-hydrogen) atoms. The van der Waals surface area contributed by atoms with Crippen molar-refractivity contribution in [3.8, 4) is 11.3 Å². The maximum absolute atomic E-state index is 13.3. The van der Waals surface area contributed by atoms with Crippen molar-refractivity contribution in [2.24, 2.45) is 0 Å². The van der Waals surface area contributed by atoms with Crippen molar-refractivity contribution >= 4 is 28.8 Å². The van der Waals surface area contributed by atoms with E-state index in [1.54, 1.807) is 10.7 Å². The standard InChI is InChI=1S/C24H22ClN5O/c1-17-19(16-26-23-15-21(27-30(17)23)18-7-3-2-4-8-18)24(31)29-13-11-28(12-14-29)22-10-6-5-9-20(22)25/h2-10,15-16H,11-14H2,1H3. The Morgan fingerprint density at radius 1 is 0.968 bits per heavy atom. The molecule has 0 N–H and O–H groups in total. The number of fused-ring (bicyclic) bond motifs is 1. The zero-order valence-corrected chi connectivity index (χ0v) is 18.0. The Bertz CT molecular complexity index is 1250. The maximum atomic E-state index is 13.3. The summed E-state index contributed by atoms with van der Waals surface area (Å²) in [5.74, 6) is -0.0116. The quantitative estimate of drug-likeness (QED) is 0.484. The number of hydrogen-bond donors (Lipinski definition) is 0. The van der Waals surface area contributed by atoms with E-state index in [0.717, 1.165) is 46.4 Å². The number of rotatable bonds is 3. The van der Waals surface area contributed by atoms with E-state index in [-0.39, 0.29) is 5.91 Å². The van der Waals surface area contributed by atoms with E-state index in [4.69, 9.17) is 16.7 Å². The molecule has 0 radical (unpaired) electrons. The number of anilines is 1. The third-order valence-corrected chi connectivity index (χ3v) is 6.10. The lowest BCUT2D eigenvalue weighted by Crippen LogP contribution is -2.49. The number of aromatic nitrogens is 3. The molecule has 0 spiro atoms. The van der Waals surface area contributed by atoms with Crippen LogP contribution in [0.15, 0.2) is 66.9 Å². The molecule has 4 aromatic rings. The lowest BCUT2D eigenvalue weighted by molar-refractivity contribution is 0.0745. The summed E-state index contributed by atoms with van der Waals surface area (Å²) >= 11 is 6.33. The van der Waals surface area contributed by atoms with Gasteiger partial charge in [-0.15, -0.1) is 0 Å². The fraction of sp³-hybridized carbons (Fsp3) is 0.208. The van der Waals surface area contributed by atoms with Crippen molar-refractivity contribution in [2.75, 3.05) is 31.1 Å². The monoisotopic (exact) mass is 431 g/mol. The van der Waals surface area contributed by atoms with E-state index >= 15 is 0 Å². The number of para-hydroxylation sites is 1. The van der Waals surface area contributed by atoms with Crippen molar-refractivity contribution in [3.05, 3.63) is 83.1 Å². The van der Waals surface area contributed by atoms with Crippen LogP contribution in [0.2, 0.25) is 5.02 Å². The van der Waals surface area contributed by atoms with Crippen molar-refractivity contribution in [1.29, 1.82) is 0 Å². The molecule has 2 aromatic heterocycles. The normalized spacial score (nSPS) is 14.3. The molecule has 1 amide bonds. The number of piperazine rings is 1. The van der Waals surface area contributed by atoms with Crippen molar-refractivity contribution in [3.63, 3.8) is 0 Å². The van der Waals surface area contributed by atoms with Gasteiger partial charge in [0.25, 0.3) is 5.91 Å². The number of carbonyl (C=O) groups is 1. The van der Waals surface area contributed by atoms with Gasteiger partial charge in [0.05, 0.1) is 27.7 Å². The number of hydrogen-bond acceptors (Lipinski definition) is 4. The SMILES string of the molecule is Cc1c(C(=O)N2CCN(c3ccccc3Cl)CC2)cnc2cc(-c3ccccc3)nn12. The summed E-state index contributed by atoms with van der Waals surface area (Å²) < 4.78 is 1.76. The first-order valence-electron chi connectivity index (χ1n) is 10.3. The number of aryl methyl sites for hydroxylation is 1. The molecule has 0 unspecified atom stereocenters. The molecule has 6 nitrogen and oxygen atoms in total. The van der Waals surface area contributed by atoms with Crippen LogP contribution in [0.1, 0.15) is 16.1 Å². The summed E-state index contributed by atoms with van der Waals surface area (Å²) in [6.07, 6.45) is 1.67. The first kappa shape index (κ1) is 19.6. The summed E-state index contributed by atoms with van der Waals surface area (Å²) in [6.45, 7) is 4.67. The van der Waals surface area contributed by atoms with Gasteiger partial charge in [0.2, 0.25) is 0 Å². The molecule has 1 saturated heterocycles. The molecular weight excluding hydrogens is 410 g/mol. The van der Waals surface area contributed by atoms with Crippen molar-refractivity contribution in [2.45, 2.75) is 6.92 Å². The van der Waals surface area contributed by atoms with Crippen LogP contribution in [0, 0.1) is 6.92 Å². The van der Waals surface area contributed by atoms with Gasteiger partial charge in [-0.1, -0.05) is 54.1 Å². The zero-order valence-electron chi connectivity index (χ0n) is 17.2. The third kappa shape index (κ3) is 3.64. The third-order valence-electron chi connectivity index (χ3n) is 5.78. The number of benzene rings is 2. The Labute approximate surface area is 185 Å². The van der Waals surface area contributed by atoms with Gasteiger partial charge in [0, 0.05) is 44.0 Å². The minimum atomic E-state index is -0.0116. The largest absolute Gasteiger partial charge is 0.367 e. The van der Waals surface area contributed by atoms with E-state index in [1.807, 2.05) is 72.5 Å². The summed E-state index contributed by atoms with van der Waals surface area (Å²) in [7, 11) is 0. The van der Waals surface area contributed by atoms with Crippen LogP contribution < -0.4 is 4.90 Å². The molecule has 0 saturated carbocycles. The highest BCUT2D eigenvalue weighted by atomic mass is 35.5. The lowest BCUT2D eigenvalue weighted by Gasteiger charge is -2.36. The van der Waals surface area contributed by atoms with Gasteiger partial charge in [-0.2, -0.15) is 5.10 Å². The second-order valence-corrected chi connectivity index (χ2v) is 8.06. The Morgan fingerprint density at radius 3 is 2.42 bits per heavy atom. The van der Waals surface area contributed by atoms with Gasteiger partial charge < -0.3 is 9.80 Å². The molecule has 3 heterocycles. The van der Waals surface area contributed by atoms with E-state index in [0.29, 0.717) is 18.7 Å². The maximum Gasteiger partial charge on any atom is 0.257 e. The molecule has 1 fully saturated rings. The molecular formula is C24H22ClN5O. The highest BCUT2D eigenvalue weighted by Gasteiger charge is 2.25. The summed E-state index contributed by atoms with van der Waals surface area (Å²) in [5.41, 5.74) is 4.99. The van der Waals surface area contributed by atoms with Gasteiger partial charge >= 0.3 is 0 Å². The Kier molecular flexibility index (Phi) is 5.08. The molecule has 1 aliphatic heterocycles. The molecule has 2 aromatic carbocycles. The second-order valence-electron chi connectivity index (χ2n) is 7.65. The highest BCUT2D eigenvalue weighted by Crippen LogP contribution is 2.26. The Balaban J connectivity index is 1.37. The van der Waals surface area contributed by atoms with E-state index in [2.05, 4.69) is 9.88 Å². The van der Waals surface area contributed by atoms with Crippen LogP contribution in [0.4, 0.5) is 5.69 Å². The topological polar surface area (TPSA) is 53.7 Å². The zero-order chi connectivity index (χ0) is 21.4. The molecule has 5 rings (SSSR count). The van der Waals surface area contributed by atoms with Crippen LogP contribution in [-0.2, 0) is 0 Å². The minimum absolute atomic E-state index is 0.0116. The van der Waals surface area contributed by atoms with Crippen LogP contribution in [0.5, 0.6) is 0 Å². The number of carbonyl (C=O) groups excluding carboxylic acids is 1. The minimum Gasteiger partial charge on any atom is -0.367 e. The second kappa shape index (κ2) is 8.04. The average molecular weight is 432 g/mol. The smallest absolute Gasteiger partial charge is 0.257 e. The van der Waals surface area contributed by atoms with Crippen LogP contribution >= 0.6 is 11.6 Å². The van der Waals surface area contributed by atoms with Crippen LogP contribution in [0.3, 0.4) is 0 Å². The van der Waals surface area contributed by atoms with E-state index < -0.39 is 0 Å². The molecule has 0 atom stereocenters. The molecule has 1 aliphatic rings. The Hall–Kier alpha value is -3.38. The van der Waals surface area contributed by atoms with Gasteiger partial charge in [0.1, 0.15) is 0 Å². The van der Waals surface area contributed by atoms with Crippen LogP contribution in [-0.4, -0.2) is 51.6 Å². The van der Waals surface area contributed by atoms with Gasteiger partial charge in [0.15, 0.2) is 5.65 Å². The predicted molar refractivity (Wildman–Crippen MR) is 123 cm³/mol. The van der Waals surface area contributed by atoms with Crippen molar-refractivity contribution in [1.82, 2.24) is 19.5 Å². The molecule has 156 valence electrons. The van der Waals surface area contributed by atoms with E-state index in [1.165, 1.54) is 0 Å². The lowest BCUT2D eigenvalue weighted by atomic mass is 10.1. The molecule has 0 bridgehead atoms. The average Bonchev–Trinajstić information content (AvgIpc) is 3.25. The van der Waals surface area contributed by atoms with Gasteiger partial charge in [-0.05, 0) is 19.1 Å². The highest BCUT2D eigenvalue weighted by molar-refractivity contribution is 6.33. The first-order valence-corrected chi connectivity index (χ1v) is 10.7. The van der Waals surface area contributed by atoms with E-state index in [9.17, 15) is 4.79 Å². The fourth-order valence-corrected chi connectivity index (χ4v) is 4.29. The van der Waals surface area contributed by atoms with Crippen molar-refractivity contribution < 1.29 is 4.79 Å². The summed E-state index contributed by atoms with van der Waals surface area (Å²) in [5, 5.41) is 5.43. The van der Waals surface area contributed by atoms with Gasteiger partial charge in [-0.3, -0.25) is 4.79 Å². The predicted octanol–water partition coefficient (Wildman–Crippen LogP) is 4.32. The summed E-state index contributed by atoms with van der Waals surface area (Å²) in [4.78, 5) is 21.9. The number of amides is 1. The van der Waals surface area contributed by atoms with Crippen LogP contribution in [0.25, 0.3) is 16.9 Å². The first-order chi connectivity index (χ1) is 15.1. The Morgan fingerprint density at radius 2 is 1.68 bits per heavy atom.